The van der Waals surface area contributed by atoms with E-state index >= 15 is 0 Å². The lowest BCUT2D eigenvalue weighted by atomic mass is 10.0. The predicted molar refractivity (Wildman–Crippen MR) is 177 cm³/mol. The predicted octanol–water partition coefficient (Wildman–Crippen LogP) is 6.96. The molecule has 0 saturated carbocycles. The third kappa shape index (κ3) is 8.01. The van der Waals surface area contributed by atoms with Gasteiger partial charge in [-0.25, -0.2) is 22.2 Å². The molecule has 0 aliphatic carbocycles. The number of aryl methyl sites for hydroxylation is 2. The molecular formula is C33H32ClN3O7S2. The van der Waals surface area contributed by atoms with Crippen molar-refractivity contribution in [1.29, 1.82) is 0 Å². The van der Waals surface area contributed by atoms with Crippen LogP contribution >= 0.6 is 11.6 Å². The largest absolute Gasteiger partial charge is 0.464 e. The SMILES string of the molecule is Cc1ccc(S(=O)(=O)O)cc1.Cc1nn(-c2ccc(CCN(C(=O)O)S(=O)(=O)c3ccccc3Cl)cc2)c(C)c1-c1ccccc1. The van der Waals surface area contributed by atoms with E-state index in [2.05, 4.69) is 12.1 Å². The standard InChI is InChI=1S/C26H24ClN3O4S.C7H8O3S/c1-18-25(21-8-4-3-5-9-21)19(2)30(28-18)22-14-12-20(13-15-22)16-17-29(26(31)32)35(33,34)24-11-7-6-10-23(24)27;1-6-2-4-7(5-3-6)11(8,9)10/h3-15H,16-17H2,1-2H3,(H,31,32);2-5H,1H3,(H,8,9,10). The van der Waals surface area contributed by atoms with Crippen molar-refractivity contribution < 1.29 is 31.3 Å². The van der Waals surface area contributed by atoms with Crippen molar-refractivity contribution in [3.05, 3.63) is 131 Å². The molecule has 0 unspecified atom stereocenters. The molecule has 0 fully saturated rings. The number of rotatable bonds is 8. The molecule has 13 heteroatoms. The second kappa shape index (κ2) is 14.3. The van der Waals surface area contributed by atoms with Crippen LogP contribution in [0.4, 0.5) is 4.79 Å². The smallest absolute Gasteiger partial charge is 0.421 e. The Morgan fingerprint density at radius 2 is 1.41 bits per heavy atom. The zero-order valence-electron chi connectivity index (χ0n) is 25.2. The van der Waals surface area contributed by atoms with Gasteiger partial charge in [0.25, 0.3) is 20.1 Å². The van der Waals surface area contributed by atoms with Gasteiger partial charge in [-0.3, -0.25) is 4.55 Å². The van der Waals surface area contributed by atoms with E-state index in [0.717, 1.165) is 39.3 Å². The van der Waals surface area contributed by atoms with E-state index in [0.29, 0.717) is 4.31 Å². The minimum Gasteiger partial charge on any atom is -0.464 e. The maximum atomic E-state index is 12.9. The first kappa shape index (κ1) is 34.4. The Morgan fingerprint density at radius 3 is 1.98 bits per heavy atom. The molecule has 5 rings (SSSR count). The Morgan fingerprint density at radius 1 is 0.826 bits per heavy atom. The number of carboxylic acid groups (broad SMARTS) is 1. The summed E-state index contributed by atoms with van der Waals surface area (Å²) in [5.41, 5.74) is 6.70. The summed E-state index contributed by atoms with van der Waals surface area (Å²) in [6.45, 7) is 5.59. The van der Waals surface area contributed by atoms with Crippen molar-refractivity contribution in [3.63, 3.8) is 0 Å². The van der Waals surface area contributed by atoms with Crippen LogP contribution in [0.2, 0.25) is 5.02 Å². The van der Waals surface area contributed by atoms with Crippen molar-refractivity contribution in [2.45, 2.75) is 37.0 Å². The highest BCUT2D eigenvalue weighted by molar-refractivity contribution is 7.89. The number of benzene rings is 4. The molecule has 10 nitrogen and oxygen atoms in total. The number of amides is 1. The molecule has 1 aromatic heterocycles. The van der Waals surface area contributed by atoms with Crippen LogP contribution in [-0.2, 0) is 26.6 Å². The molecular weight excluding hydrogens is 650 g/mol. The van der Waals surface area contributed by atoms with Crippen LogP contribution in [0, 0.1) is 20.8 Å². The molecule has 0 radical (unpaired) electrons. The summed E-state index contributed by atoms with van der Waals surface area (Å²) in [7, 11) is -8.32. The van der Waals surface area contributed by atoms with Gasteiger partial charge in [-0.15, -0.1) is 0 Å². The number of aromatic nitrogens is 2. The van der Waals surface area contributed by atoms with Gasteiger partial charge in [0.15, 0.2) is 0 Å². The first-order valence-corrected chi connectivity index (χ1v) is 17.2. The number of sulfonamides is 1. The second-order valence-electron chi connectivity index (χ2n) is 10.3. The summed E-state index contributed by atoms with van der Waals surface area (Å²) < 4.78 is 57.6. The second-order valence-corrected chi connectivity index (χ2v) is 14.0. The van der Waals surface area contributed by atoms with E-state index in [1.807, 2.05) is 67.9 Å². The minimum absolute atomic E-state index is 0.0251. The Balaban J connectivity index is 0.000000369. The maximum absolute atomic E-state index is 12.9. The van der Waals surface area contributed by atoms with Crippen LogP contribution in [0.15, 0.2) is 113 Å². The molecule has 2 N–H and O–H groups in total. The van der Waals surface area contributed by atoms with Gasteiger partial charge in [0.2, 0.25) is 0 Å². The fourth-order valence-corrected chi connectivity index (χ4v) is 7.00. The molecule has 0 bridgehead atoms. The summed E-state index contributed by atoms with van der Waals surface area (Å²) >= 11 is 6.01. The summed E-state index contributed by atoms with van der Waals surface area (Å²) in [6.07, 6.45) is -1.35. The Bertz CT molecular complexity index is 2050. The number of halogens is 1. The quantitative estimate of drug-likeness (QED) is 0.167. The summed E-state index contributed by atoms with van der Waals surface area (Å²) in [5.74, 6) is 0. The van der Waals surface area contributed by atoms with E-state index in [-0.39, 0.29) is 27.8 Å². The van der Waals surface area contributed by atoms with Gasteiger partial charge in [-0.2, -0.15) is 13.5 Å². The van der Waals surface area contributed by atoms with E-state index in [4.69, 9.17) is 21.3 Å². The van der Waals surface area contributed by atoms with Gasteiger partial charge in [-0.1, -0.05) is 83.9 Å². The Hall–Kier alpha value is -4.49. The molecule has 0 atom stereocenters. The van der Waals surface area contributed by atoms with Gasteiger partial charge in [0.05, 0.1) is 21.3 Å². The van der Waals surface area contributed by atoms with Crippen LogP contribution in [0.25, 0.3) is 16.8 Å². The molecule has 0 aliphatic rings. The van der Waals surface area contributed by atoms with Crippen molar-refractivity contribution in [2.24, 2.45) is 0 Å². The monoisotopic (exact) mass is 681 g/mol. The molecule has 4 aromatic carbocycles. The van der Waals surface area contributed by atoms with Crippen molar-refractivity contribution in [2.75, 3.05) is 6.54 Å². The topological polar surface area (TPSA) is 147 Å². The summed E-state index contributed by atoms with van der Waals surface area (Å²) in [4.78, 5) is 11.5. The molecule has 0 saturated heterocycles. The van der Waals surface area contributed by atoms with E-state index in [9.17, 15) is 26.7 Å². The lowest BCUT2D eigenvalue weighted by Gasteiger charge is -2.20. The number of carbonyl (C=O) groups is 1. The highest BCUT2D eigenvalue weighted by atomic mass is 35.5. The fourth-order valence-electron chi connectivity index (χ4n) is 4.75. The third-order valence-corrected chi connectivity index (χ3v) is 10.2. The zero-order chi connectivity index (χ0) is 33.6. The van der Waals surface area contributed by atoms with Crippen LogP contribution in [-0.4, -0.2) is 53.2 Å². The molecule has 46 heavy (non-hydrogen) atoms. The maximum Gasteiger partial charge on any atom is 0.421 e. The Kier molecular flexibility index (Phi) is 10.7. The van der Waals surface area contributed by atoms with Gasteiger partial charge in [-0.05, 0) is 74.7 Å². The first-order valence-electron chi connectivity index (χ1n) is 14.0. The summed E-state index contributed by atoms with van der Waals surface area (Å²) in [5, 5.41) is 14.2. The molecule has 0 spiro atoms. The van der Waals surface area contributed by atoms with Gasteiger partial charge in [0, 0.05) is 17.8 Å². The van der Waals surface area contributed by atoms with Gasteiger partial charge >= 0.3 is 6.09 Å². The average molecular weight is 682 g/mol. The average Bonchev–Trinajstić information content (AvgIpc) is 3.31. The highest BCUT2D eigenvalue weighted by Gasteiger charge is 2.30. The van der Waals surface area contributed by atoms with E-state index in [1.165, 1.54) is 30.3 Å². The first-order chi connectivity index (χ1) is 21.7. The summed E-state index contributed by atoms with van der Waals surface area (Å²) in [6, 6.07) is 29.3. The van der Waals surface area contributed by atoms with E-state index in [1.54, 1.807) is 18.2 Å². The van der Waals surface area contributed by atoms with Crippen molar-refractivity contribution >= 4 is 37.8 Å². The number of hydrogen-bond acceptors (Lipinski definition) is 6. The molecule has 0 aliphatic heterocycles. The third-order valence-electron chi connectivity index (χ3n) is 7.08. The van der Waals surface area contributed by atoms with Crippen LogP contribution in [0.5, 0.6) is 0 Å². The normalized spacial score (nSPS) is 11.4. The lowest BCUT2D eigenvalue weighted by Crippen LogP contribution is -2.37. The molecule has 5 aromatic rings. The molecule has 1 amide bonds. The minimum atomic E-state index is -4.30. The lowest BCUT2D eigenvalue weighted by molar-refractivity contribution is 0.172. The van der Waals surface area contributed by atoms with Crippen LogP contribution in [0.1, 0.15) is 22.5 Å². The zero-order valence-corrected chi connectivity index (χ0v) is 27.6. The molecule has 240 valence electrons. The fraction of sp³-hybridized carbons (Fsp3) is 0.152. The number of hydrogen-bond donors (Lipinski definition) is 2. The highest BCUT2D eigenvalue weighted by Crippen LogP contribution is 2.29. The van der Waals surface area contributed by atoms with Crippen LogP contribution < -0.4 is 0 Å². The Labute approximate surface area is 273 Å². The van der Waals surface area contributed by atoms with E-state index < -0.39 is 26.2 Å². The van der Waals surface area contributed by atoms with Crippen molar-refractivity contribution in [3.8, 4) is 16.8 Å². The van der Waals surface area contributed by atoms with Gasteiger partial charge < -0.3 is 5.11 Å². The van der Waals surface area contributed by atoms with Crippen molar-refractivity contribution in [1.82, 2.24) is 14.1 Å². The number of nitrogens with zero attached hydrogens (tertiary/aromatic N) is 3. The van der Waals surface area contributed by atoms with Gasteiger partial charge in [0.1, 0.15) is 4.90 Å². The molecule has 1 heterocycles. The van der Waals surface area contributed by atoms with Crippen LogP contribution in [0.3, 0.4) is 0 Å².